The van der Waals surface area contributed by atoms with Crippen LogP contribution in [0.1, 0.15) is 53.2 Å². The summed E-state index contributed by atoms with van der Waals surface area (Å²) in [4.78, 5) is 14.2. The fourth-order valence-corrected chi connectivity index (χ4v) is 3.85. The molecule has 1 heterocycles. The van der Waals surface area contributed by atoms with Crippen LogP contribution in [0.15, 0.2) is 54.1 Å². The van der Waals surface area contributed by atoms with Gasteiger partial charge in [-0.05, 0) is 56.1 Å². The van der Waals surface area contributed by atoms with Gasteiger partial charge in [0, 0.05) is 31.1 Å². The van der Waals surface area contributed by atoms with Gasteiger partial charge in [0.25, 0.3) is 5.91 Å². The minimum absolute atomic E-state index is 0.00270. The highest BCUT2D eigenvalue weighted by Crippen LogP contribution is 2.35. The fourth-order valence-electron chi connectivity index (χ4n) is 3.85. The number of carbonyl (C=O) groups excluding carboxylic acids is 1. The maximum Gasteiger partial charge on any atom is 0.416 e. The van der Waals surface area contributed by atoms with E-state index in [-0.39, 0.29) is 11.8 Å². The molecule has 0 spiro atoms. The third kappa shape index (κ3) is 5.11. The van der Waals surface area contributed by atoms with Crippen LogP contribution in [-0.2, 0) is 6.18 Å². The van der Waals surface area contributed by atoms with E-state index >= 15 is 0 Å². The number of carbonyl (C=O) groups is 1. The lowest BCUT2D eigenvalue weighted by molar-refractivity contribution is -0.137. The van der Waals surface area contributed by atoms with E-state index in [2.05, 4.69) is 5.32 Å². The number of hydrogen-bond donors (Lipinski definition) is 1. The molecule has 1 amide bonds. The summed E-state index contributed by atoms with van der Waals surface area (Å²) in [5, 5.41) is 3.28. The van der Waals surface area contributed by atoms with Crippen LogP contribution in [0, 0.1) is 0 Å². The number of piperidine rings is 1. The van der Waals surface area contributed by atoms with Gasteiger partial charge in [-0.25, -0.2) is 0 Å². The van der Waals surface area contributed by atoms with Crippen LogP contribution in [0.2, 0.25) is 0 Å². The number of nitrogens with one attached hydrogen (secondary N) is 1. The number of halogens is 3. The Hall–Kier alpha value is -2.60. The largest absolute Gasteiger partial charge is 0.416 e. The molecule has 1 aliphatic heterocycles. The minimum Gasteiger partial charge on any atom is -0.339 e. The SMILES string of the molecule is CCN(CC)C(=O)c1ccc(C=C2CCNCC2c2cccc(C(F)(F)F)c2)cc1. The highest BCUT2D eigenvalue weighted by atomic mass is 19.4. The first-order chi connectivity index (χ1) is 14.3. The van der Waals surface area contributed by atoms with Crippen molar-refractivity contribution in [2.75, 3.05) is 26.2 Å². The average molecular weight is 416 g/mol. The predicted molar refractivity (Wildman–Crippen MR) is 113 cm³/mol. The van der Waals surface area contributed by atoms with Gasteiger partial charge < -0.3 is 10.2 Å². The molecule has 0 saturated carbocycles. The zero-order valence-electron chi connectivity index (χ0n) is 17.3. The van der Waals surface area contributed by atoms with Crippen molar-refractivity contribution in [1.82, 2.24) is 10.2 Å². The van der Waals surface area contributed by atoms with Crippen LogP contribution >= 0.6 is 0 Å². The number of rotatable bonds is 5. The fraction of sp³-hybridized carbons (Fsp3) is 0.375. The van der Waals surface area contributed by atoms with Crippen molar-refractivity contribution in [3.8, 4) is 0 Å². The summed E-state index contributed by atoms with van der Waals surface area (Å²) in [6.45, 7) is 6.61. The van der Waals surface area contributed by atoms with Gasteiger partial charge in [0.05, 0.1) is 5.56 Å². The Morgan fingerprint density at radius 1 is 1.13 bits per heavy atom. The van der Waals surface area contributed by atoms with Gasteiger partial charge in [-0.3, -0.25) is 4.79 Å². The molecule has 1 unspecified atom stereocenters. The van der Waals surface area contributed by atoms with E-state index in [9.17, 15) is 18.0 Å². The van der Waals surface area contributed by atoms with Crippen LogP contribution in [0.5, 0.6) is 0 Å². The zero-order valence-corrected chi connectivity index (χ0v) is 17.3. The van der Waals surface area contributed by atoms with Gasteiger partial charge in [0.15, 0.2) is 0 Å². The maximum absolute atomic E-state index is 13.1. The molecule has 0 radical (unpaired) electrons. The minimum atomic E-state index is -4.35. The van der Waals surface area contributed by atoms with E-state index in [0.717, 1.165) is 30.2 Å². The van der Waals surface area contributed by atoms with E-state index in [0.29, 0.717) is 30.8 Å². The smallest absolute Gasteiger partial charge is 0.339 e. The van der Waals surface area contributed by atoms with Gasteiger partial charge in [-0.2, -0.15) is 13.2 Å². The molecule has 1 fully saturated rings. The summed E-state index contributed by atoms with van der Waals surface area (Å²) in [5.41, 5.74) is 2.72. The van der Waals surface area contributed by atoms with Crippen molar-refractivity contribution in [2.45, 2.75) is 32.4 Å². The molecule has 30 heavy (non-hydrogen) atoms. The highest BCUT2D eigenvalue weighted by Gasteiger charge is 2.31. The van der Waals surface area contributed by atoms with Crippen LogP contribution in [0.25, 0.3) is 6.08 Å². The molecule has 1 atom stereocenters. The standard InChI is InChI=1S/C24H27F3N2O/c1-3-29(4-2)23(30)18-10-8-17(9-11-18)14-20-12-13-28-16-22(20)19-6-5-7-21(15-19)24(25,26)27/h5-11,14-15,22,28H,3-4,12-13,16H2,1-2H3. The van der Waals surface area contributed by atoms with Gasteiger partial charge in [-0.1, -0.05) is 42.0 Å². The normalized spacial score (nSPS) is 18.4. The van der Waals surface area contributed by atoms with Crippen molar-refractivity contribution >= 4 is 12.0 Å². The summed E-state index contributed by atoms with van der Waals surface area (Å²) in [6, 6.07) is 13.0. The maximum atomic E-state index is 13.1. The zero-order chi connectivity index (χ0) is 21.7. The van der Waals surface area contributed by atoms with E-state index in [1.807, 2.05) is 44.2 Å². The topological polar surface area (TPSA) is 32.3 Å². The highest BCUT2D eigenvalue weighted by molar-refractivity contribution is 5.94. The lowest BCUT2D eigenvalue weighted by Gasteiger charge is -2.27. The molecule has 0 aliphatic carbocycles. The molecule has 0 aromatic heterocycles. The van der Waals surface area contributed by atoms with Crippen LogP contribution in [-0.4, -0.2) is 37.0 Å². The van der Waals surface area contributed by atoms with Gasteiger partial charge >= 0.3 is 6.18 Å². The monoisotopic (exact) mass is 416 g/mol. The summed E-state index contributed by atoms with van der Waals surface area (Å²) in [6.07, 6.45) is -1.55. The van der Waals surface area contributed by atoms with E-state index < -0.39 is 11.7 Å². The third-order valence-electron chi connectivity index (χ3n) is 5.56. The molecule has 1 aliphatic rings. The molecule has 0 bridgehead atoms. The summed E-state index contributed by atoms with van der Waals surface area (Å²) in [5.74, 6) is -0.110. The van der Waals surface area contributed by atoms with Crippen molar-refractivity contribution in [2.24, 2.45) is 0 Å². The molecule has 6 heteroatoms. The number of nitrogens with zero attached hydrogens (tertiary/aromatic N) is 1. The van der Waals surface area contributed by atoms with Crippen LogP contribution in [0.4, 0.5) is 13.2 Å². The van der Waals surface area contributed by atoms with E-state index in [1.165, 1.54) is 12.1 Å². The first kappa shape index (κ1) is 22.1. The molecule has 2 aromatic carbocycles. The molecule has 1 saturated heterocycles. The van der Waals surface area contributed by atoms with Gasteiger partial charge in [-0.15, -0.1) is 0 Å². The second-order valence-corrected chi connectivity index (χ2v) is 7.45. The molecular formula is C24H27F3N2O. The molecule has 3 nitrogen and oxygen atoms in total. The Kier molecular flexibility index (Phi) is 6.98. The van der Waals surface area contributed by atoms with Crippen LogP contribution < -0.4 is 5.32 Å². The quantitative estimate of drug-likeness (QED) is 0.713. The lowest BCUT2D eigenvalue weighted by Crippen LogP contribution is -2.30. The van der Waals surface area contributed by atoms with Crippen molar-refractivity contribution in [3.63, 3.8) is 0 Å². The van der Waals surface area contributed by atoms with Crippen molar-refractivity contribution < 1.29 is 18.0 Å². The molecule has 160 valence electrons. The number of hydrogen-bond acceptors (Lipinski definition) is 2. The van der Waals surface area contributed by atoms with Crippen molar-refractivity contribution in [1.29, 1.82) is 0 Å². The Morgan fingerprint density at radius 2 is 1.83 bits per heavy atom. The number of amides is 1. The Balaban J connectivity index is 1.85. The van der Waals surface area contributed by atoms with E-state index in [1.54, 1.807) is 11.0 Å². The summed E-state index contributed by atoms with van der Waals surface area (Å²) >= 11 is 0. The number of alkyl halides is 3. The molecule has 3 rings (SSSR count). The average Bonchev–Trinajstić information content (AvgIpc) is 2.75. The number of benzene rings is 2. The van der Waals surface area contributed by atoms with Crippen LogP contribution in [0.3, 0.4) is 0 Å². The Labute approximate surface area is 175 Å². The first-order valence-electron chi connectivity index (χ1n) is 10.3. The Bertz CT molecular complexity index is 899. The third-order valence-corrected chi connectivity index (χ3v) is 5.56. The predicted octanol–water partition coefficient (Wildman–Crippen LogP) is 5.35. The van der Waals surface area contributed by atoms with Gasteiger partial charge in [0.2, 0.25) is 0 Å². The van der Waals surface area contributed by atoms with Crippen molar-refractivity contribution in [3.05, 3.63) is 76.4 Å². The molecule has 2 aromatic rings. The first-order valence-corrected chi connectivity index (χ1v) is 10.3. The Morgan fingerprint density at radius 3 is 2.47 bits per heavy atom. The lowest BCUT2D eigenvalue weighted by atomic mass is 9.85. The summed E-state index contributed by atoms with van der Waals surface area (Å²) in [7, 11) is 0. The second kappa shape index (κ2) is 9.47. The second-order valence-electron chi connectivity index (χ2n) is 7.45. The molecule has 1 N–H and O–H groups in total. The molecular weight excluding hydrogens is 389 g/mol. The van der Waals surface area contributed by atoms with Gasteiger partial charge in [0.1, 0.15) is 0 Å². The summed E-state index contributed by atoms with van der Waals surface area (Å²) < 4.78 is 39.4. The van der Waals surface area contributed by atoms with E-state index in [4.69, 9.17) is 0 Å².